The van der Waals surface area contributed by atoms with Crippen LogP contribution in [0, 0.1) is 0 Å². The van der Waals surface area contributed by atoms with Crippen LogP contribution in [0.4, 0.5) is 0 Å². The molecule has 0 saturated heterocycles. The summed E-state index contributed by atoms with van der Waals surface area (Å²) in [5, 5.41) is 0. The van der Waals surface area contributed by atoms with Gasteiger partial charge in [0, 0.05) is 0 Å². The van der Waals surface area contributed by atoms with Gasteiger partial charge >= 0.3 is 40.9 Å². The minimum atomic E-state index is -0.259. The molecule has 0 fully saturated rings. The fourth-order valence-corrected chi connectivity index (χ4v) is 0.835. The molecule has 0 aromatic heterocycles. The molecular formula is C2H8N2W. The Morgan fingerprint density at radius 1 is 1.20 bits per heavy atom. The Hall–Kier alpha value is 0.608. The molecule has 0 aliphatic rings. The normalized spacial score (nSPS) is 8.40. The van der Waals surface area contributed by atoms with Crippen LogP contribution in [0.15, 0.2) is 0 Å². The van der Waals surface area contributed by atoms with Gasteiger partial charge in [-0.25, -0.2) is 0 Å². The first-order valence-corrected chi connectivity index (χ1v) is 4.34. The van der Waals surface area contributed by atoms with E-state index in [1.54, 1.807) is 0 Å². The van der Waals surface area contributed by atoms with E-state index in [1.165, 1.54) is 0 Å². The number of hydrogen-bond acceptors (Lipinski definition) is 2. The first-order chi connectivity index (χ1) is 2.41. The standard InChI is InChI=1S/2CH4N.W/c2*1-2;/h2*2H,1H3;/q2*-1;+2. The van der Waals surface area contributed by atoms with Crippen LogP contribution in [0.5, 0.6) is 0 Å². The van der Waals surface area contributed by atoms with E-state index in [0.29, 0.717) is 0 Å². The van der Waals surface area contributed by atoms with E-state index in [4.69, 9.17) is 0 Å². The van der Waals surface area contributed by atoms with Gasteiger partial charge in [-0.3, -0.25) is 0 Å². The second-order valence-electron chi connectivity index (χ2n) is 0.510. The molecule has 0 heterocycles. The van der Waals surface area contributed by atoms with E-state index in [1.807, 2.05) is 14.1 Å². The Morgan fingerprint density at radius 3 is 1.60 bits per heavy atom. The number of nitrogens with one attached hydrogen (secondary N) is 2. The molecule has 0 saturated carbocycles. The van der Waals surface area contributed by atoms with Crippen molar-refractivity contribution in [3.63, 3.8) is 0 Å². The van der Waals surface area contributed by atoms with Gasteiger partial charge in [-0.15, -0.1) is 0 Å². The van der Waals surface area contributed by atoms with Crippen molar-refractivity contribution >= 4 is 0 Å². The topological polar surface area (TPSA) is 24.1 Å². The maximum absolute atomic E-state index is 3.07. The summed E-state index contributed by atoms with van der Waals surface area (Å²) in [6, 6.07) is 0. The monoisotopic (exact) mass is 244 g/mol. The Morgan fingerprint density at radius 2 is 1.60 bits per heavy atom. The molecule has 0 unspecified atom stereocenters. The van der Waals surface area contributed by atoms with Gasteiger partial charge in [0.2, 0.25) is 0 Å². The second kappa shape index (κ2) is 4.61. The van der Waals surface area contributed by atoms with Gasteiger partial charge in [-0.1, -0.05) is 0 Å². The summed E-state index contributed by atoms with van der Waals surface area (Å²) in [6.07, 6.45) is 0. The zero-order valence-electron chi connectivity index (χ0n) is 3.41. The van der Waals surface area contributed by atoms with Crippen molar-refractivity contribution < 1.29 is 19.1 Å². The van der Waals surface area contributed by atoms with Gasteiger partial charge in [0.25, 0.3) is 0 Å². The molecule has 0 aliphatic heterocycles. The van der Waals surface area contributed by atoms with Crippen LogP contribution in [0.2, 0.25) is 0 Å². The fraction of sp³-hybridized carbons (Fsp3) is 1.00. The van der Waals surface area contributed by atoms with Crippen LogP contribution in [0.25, 0.3) is 0 Å². The summed E-state index contributed by atoms with van der Waals surface area (Å²) in [4.78, 5) is 0. The van der Waals surface area contributed by atoms with Crippen molar-refractivity contribution in [2.75, 3.05) is 14.1 Å². The first kappa shape index (κ1) is 5.61. The van der Waals surface area contributed by atoms with Gasteiger partial charge in [0.05, 0.1) is 0 Å². The number of hydrogen-bond donors (Lipinski definition) is 2. The fourth-order valence-electron chi connectivity index (χ4n) is 0.102. The van der Waals surface area contributed by atoms with Crippen LogP contribution in [0.1, 0.15) is 0 Å². The second-order valence-corrected chi connectivity index (χ2v) is 4.18. The molecule has 0 aromatic carbocycles. The molecular weight excluding hydrogens is 236 g/mol. The molecule has 0 radical (unpaired) electrons. The number of rotatable bonds is 2. The Labute approximate surface area is 41.5 Å². The Balaban J connectivity index is 2.19. The summed E-state index contributed by atoms with van der Waals surface area (Å²) in [7, 11) is 3.95. The summed E-state index contributed by atoms with van der Waals surface area (Å²) < 4.78 is 6.15. The van der Waals surface area contributed by atoms with Crippen LogP contribution in [-0.2, 0) is 19.1 Å². The molecule has 0 spiro atoms. The van der Waals surface area contributed by atoms with Crippen LogP contribution < -0.4 is 7.75 Å². The Kier molecular flexibility index (Phi) is 5.17. The van der Waals surface area contributed by atoms with E-state index < -0.39 is 0 Å². The van der Waals surface area contributed by atoms with E-state index in [-0.39, 0.29) is 19.1 Å². The predicted octanol–water partition coefficient (Wildman–Crippen LogP) is -0.662. The quantitative estimate of drug-likeness (QED) is 0.673. The zero-order chi connectivity index (χ0) is 4.12. The molecule has 0 aliphatic carbocycles. The molecule has 3 heteroatoms. The Bertz CT molecular complexity index is 15.1. The van der Waals surface area contributed by atoms with Gasteiger partial charge in [-0.2, -0.15) is 0 Å². The molecule has 0 amide bonds. The predicted molar refractivity (Wildman–Crippen MR) is 18.1 cm³/mol. The van der Waals surface area contributed by atoms with Gasteiger partial charge in [-0.05, 0) is 0 Å². The summed E-state index contributed by atoms with van der Waals surface area (Å²) in [5.74, 6) is 0. The van der Waals surface area contributed by atoms with Crippen LogP contribution >= 0.6 is 0 Å². The average Bonchev–Trinajstić information content (AvgIpc) is 1.41. The van der Waals surface area contributed by atoms with Crippen molar-refractivity contribution in [2.24, 2.45) is 0 Å². The van der Waals surface area contributed by atoms with Gasteiger partial charge < -0.3 is 0 Å². The van der Waals surface area contributed by atoms with E-state index in [9.17, 15) is 0 Å². The van der Waals surface area contributed by atoms with Crippen molar-refractivity contribution in [1.29, 1.82) is 0 Å². The molecule has 0 rings (SSSR count). The van der Waals surface area contributed by atoms with E-state index in [0.717, 1.165) is 0 Å². The zero-order valence-corrected chi connectivity index (χ0v) is 6.34. The van der Waals surface area contributed by atoms with Gasteiger partial charge in [0.15, 0.2) is 0 Å². The molecule has 5 heavy (non-hydrogen) atoms. The van der Waals surface area contributed by atoms with Crippen LogP contribution in [0.3, 0.4) is 0 Å². The molecule has 32 valence electrons. The third kappa shape index (κ3) is 4.61. The van der Waals surface area contributed by atoms with Crippen LogP contribution in [-0.4, -0.2) is 14.1 Å². The third-order valence-electron chi connectivity index (χ3n) is 0.204. The molecule has 0 atom stereocenters. The third-order valence-corrected chi connectivity index (χ3v) is 1.67. The van der Waals surface area contributed by atoms with Crippen molar-refractivity contribution in [3.05, 3.63) is 0 Å². The van der Waals surface area contributed by atoms with Crippen molar-refractivity contribution in [2.45, 2.75) is 0 Å². The van der Waals surface area contributed by atoms with Crippen molar-refractivity contribution in [3.8, 4) is 0 Å². The summed E-state index contributed by atoms with van der Waals surface area (Å²) >= 11 is -0.259. The maximum atomic E-state index is 3.07. The minimum absolute atomic E-state index is 0.259. The molecule has 2 nitrogen and oxygen atoms in total. The molecule has 0 aromatic rings. The molecule has 0 bridgehead atoms. The van der Waals surface area contributed by atoms with Crippen molar-refractivity contribution in [1.82, 2.24) is 7.75 Å². The average molecular weight is 244 g/mol. The van der Waals surface area contributed by atoms with E-state index in [2.05, 4.69) is 7.75 Å². The summed E-state index contributed by atoms with van der Waals surface area (Å²) in [5.41, 5.74) is 0. The SMILES string of the molecule is C[NH][W][NH]C. The summed E-state index contributed by atoms with van der Waals surface area (Å²) in [6.45, 7) is 0. The van der Waals surface area contributed by atoms with Gasteiger partial charge in [0.1, 0.15) is 0 Å². The first-order valence-electron chi connectivity index (χ1n) is 1.41. The molecule has 2 N–H and O–H groups in total. The van der Waals surface area contributed by atoms with E-state index >= 15 is 0 Å².